The number of hydrogen-bond donors (Lipinski definition) is 1. The van der Waals surface area contributed by atoms with Crippen molar-refractivity contribution in [2.24, 2.45) is 11.8 Å². The number of ether oxygens (including phenoxy) is 2. The molecule has 0 aromatic heterocycles. The first-order chi connectivity index (χ1) is 14.5. The molecule has 1 saturated carbocycles. The Morgan fingerprint density at radius 3 is 2.73 bits per heavy atom. The van der Waals surface area contributed by atoms with Crippen LogP contribution in [0.2, 0.25) is 0 Å². The van der Waals surface area contributed by atoms with Crippen LogP contribution in [0.1, 0.15) is 54.1 Å². The lowest BCUT2D eigenvalue weighted by molar-refractivity contribution is -0.171. The summed E-state index contributed by atoms with van der Waals surface area (Å²) in [6.07, 6.45) is 3.46. The molecule has 4 atom stereocenters. The molecule has 1 saturated heterocycles. The number of fused-ring (bicyclic) bond motifs is 1. The molecule has 1 N–H and O–H groups in total. The van der Waals surface area contributed by atoms with Gasteiger partial charge in [-0.15, -0.1) is 0 Å². The van der Waals surface area contributed by atoms with Gasteiger partial charge in [0.15, 0.2) is 0 Å². The molecule has 30 heavy (non-hydrogen) atoms. The second-order valence-electron chi connectivity index (χ2n) is 8.64. The molecule has 5 heteroatoms. The molecule has 0 bridgehead atoms. The number of amides is 1. The van der Waals surface area contributed by atoms with E-state index in [-0.39, 0.29) is 24.1 Å². The molecule has 2 aromatic carbocycles. The molecule has 2 fully saturated rings. The third-order valence-corrected chi connectivity index (χ3v) is 6.27. The second-order valence-corrected chi connectivity index (χ2v) is 8.64. The summed E-state index contributed by atoms with van der Waals surface area (Å²) in [4.78, 5) is 24.2. The Morgan fingerprint density at radius 2 is 1.97 bits per heavy atom. The fourth-order valence-corrected chi connectivity index (χ4v) is 4.58. The summed E-state index contributed by atoms with van der Waals surface area (Å²) in [5.74, 6) is 0.660. The van der Waals surface area contributed by atoms with Gasteiger partial charge in [-0.2, -0.15) is 0 Å². The van der Waals surface area contributed by atoms with E-state index in [1.54, 1.807) is 0 Å². The number of hydrogen-bond acceptors (Lipinski definition) is 4. The van der Waals surface area contributed by atoms with Gasteiger partial charge in [-0.25, -0.2) is 0 Å². The van der Waals surface area contributed by atoms with E-state index in [1.165, 1.54) is 0 Å². The minimum Gasteiger partial charge on any atom is -0.462 e. The third kappa shape index (κ3) is 4.90. The van der Waals surface area contributed by atoms with Crippen LogP contribution in [0.4, 0.5) is 5.69 Å². The summed E-state index contributed by atoms with van der Waals surface area (Å²) in [5, 5.41) is 2.92. The minimum atomic E-state index is -0.125. The molecule has 2 aromatic rings. The lowest BCUT2D eigenvalue weighted by Crippen LogP contribution is -2.44. The summed E-state index contributed by atoms with van der Waals surface area (Å²) in [5.41, 5.74) is 3.54. The van der Waals surface area contributed by atoms with Crippen molar-refractivity contribution >= 4 is 17.6 Å². The number of carbonyl (C=O) groups excluding carboxylic acids is 2. The van der Waals surface area contributed by atoms with Gasteiger partial charge in [0.05, 0.1) is 12.7 Å². The minimum absolute atomic E-state index is 0.00676. The van der Waals surface area contributed by atoms with Gasteiger partial charge in [0.25, 0.3) is 5.91 Å². The quantitative estimate of drug-likeness (QED) is 0.717. The Balaban J connectivity index is 1.29. The molecular weight excluding hydrogens is 378 g/mol. The van der Waals surface area contributed by atoms with E-state index in [4.69, 9.17) is 9.47 Å². The summed E-state index contributed by atoms with van der Waals surface area (Å²) >= 11 is 0. The van der Waals surface area contributed by atoms with E-state index in [2.05, 4.69) is 12.2 Å². The average molecular weight is 408 g/mol. The highest BCUT2D eigenvalue weighted by Gasteiger charge is 2.40. The normalized spacial score (nSPS) is 25.9. The van der Waals surface area contributed by atoms with Gasteiger partial charge in [0.1, 0.15) is 6.10 Å². The van der Waals surface area contributed by atoms with Crippen molar-refractivity contribution in [2.75, 3.05) is 5.32 Å². The summed E-state index contributed by atoms with van der Waals surface area (Å²) < 4.78 is 11.7. The van der Waals surface area contributed by atoms with E-state index < -0.39 is 0 Å². The summed E-state index contributed by atoms with van der Waals surface area (Å²) in [7, 11) is 0. The van der Waals surface area contributed by atoms with Crippen LogP contribution in [0.5, 0.6) is 0 Å². The van der Waals surface area contributed by atoms with Crippen LogP contribution in [0.15, 0.2) is 48.5 Å². The number of anilines is 1. The van der Waals surface area contributed by atoms with Crippen LogP contribution in [0.25, 0.3) is 0 Å². The fraction of sp³-hybridized carbons (Fsp3) is 0.440. The number of nitrogens with one attached hydrogen (secondary N) is 1. The van der Waals surface area contributed by atoms with E-state index in [0.717, 1.165) is 36.1 Å². The highest BCUT2D eigenvalue weighted by Crippen LogP contribution is 2.38. The molecular formula is C25H29NO4. The highest BCUT2D eigenvalue weighted by molar-refractivity contribution is 6.04. The topological polar surface area (TPSA) is 64.6 Å². The van der Waals surface area contributed by atoms with Gasteiger partial charge in [-0.05, 0) is 67.0 Å². The summed E-state index contributed by atoms with van der Waals surface area (Å²) in [6.45, 7) is 4.64. The molecule has 4 rings (SSSR count). The largest absolute Gasteiger partial charge is 0.462 e. The van der Waals surface area contributed by atoms with Gasteiger partial charge in [-0.3, -0.25) is 9.59 Å². The van der Waals surface area contributed by atoms with Gasteiger partial charge in [-0.1, -0.05) is 31.2 Å². The summed E-state index contributed by atoms with van der Waals surface area (Å²) in [6, 6.07) is 15.3. The maximum absolute atomic E-state index is 12.4. The maximum atomic E-state index is 12.4. The highest BCUT2D eigenvalue weighted by atomic mass is 16.5. The Labute approximate surface area is 177 Å². The van der Waals surface area contributed by atoms with E-state index >= 15 is 0 Å². The number of carbonyl (C=O) groups is 2. The SMILES string of the molecule is Cc1cccc(NC(=O)c2ccc(COC3CCC4C(C)CC(=O)OC4C3)cc2)c1. The van der Waals surface area contributed by atoms with Gasteiger partial charge < -0.3 is 14.8 Å². The zero-order valence-corrected chi connectivity index (χ0v) is 17.6. The number of esters is 1. The van der Waals surface area contributed by atoms with E-state index in [9.17, 15) is 9.59 Å². The molecule has 1 aliphatic heterocycles. The first kappa shape index (κ1) is 20.6. The number of aryl methyl sites for hydroxylation is 1. The van der Waals surface area contributed by atoms with Crippen molar-refractivity contribution < 1.29 is 19.1 Å². The van der Waals surface area contributed by atoms with Gasteiger partial charge in [0, 0.05) is 24.1 Å². The van der Waals surface area contributed by atoms with E-state index in [0.29, 0.717) is 30.4 Å². The van der Waals surface area contributed by atoms with Crippen molar-refractivity contribution in [3.8, 4) is 0 Å². The first-order valence-corrected chi connectivity index (χ1v) is 10.8. The number of benzene rings is 2. The Bertz CT molecular complexity index is 908. The van der Waals surface area contributed by atoms with Gasteiger partial charge >= 0.3 is 5.97 Å². The van der Waals surface area contributed by atoms with Crippen LogP contribution in [0, 0.1) is 18.8 Å². The van der Waals surface area contributed by atoms with Crippen LogP contribution in [-0.2, 0) is 20.9 Å². The van der Waals surface area contributed by atoms with E-state index in [1.807, 2.05) is 55.5 Å². The van der Waals surface area contributed by atoms with Crippen molar-refractivity contribution in [2.45, 2.75) is 58.3 Å². The van der Waals surface area contributed by atoms with Crippen LogP contribution in [0.3, 0.4) is 0 Å². The van der Waals surface area contributed by atoms with Gasteiger partial charge in [0.2, 0.25) is 0 Å². The molecule has 0 radical (unpaired) electrons. The van der Waals surface area contributed by atoms with Crippen molar-refractivity contribution in [1.82, 2.24) is 0 Å². The maximum Gasteiger partial charge on any atom is 0.306 e. The Morgan fingerprint density at radius 1 is 1.17 bits per heavy atom. The molecule has 1 heterocycles. The third-order valence-electron chi connectivity index (χ3n) is 6.27. The Kier molecular flexibility index (Phi) is 6.18. The first-order valence-electron chi connectivity index (χ1n) is 10.8. The molecule has 1 aliphatic carbocycles. The monoisotopic (exact) mass is 407 g/mol. The molecule has 0 spiro atoms. The Hall–Kier alpha value is -2.66. The van der Waals surface area contributed by atoms with Crippen molar-refractivity contribution in [3.05, 3.63) is 65.2 Å². The van der Waals surface area contributed by atoms with Crippen LogP contribution >= 0.6 is 0 Å². The lowest BCUT2D eigenvalue weighted by atomic mass is 9.75. The molecule has 5 nitrogen and oxygen atoms in total. The fourth-order valence-electron chi connectivity index (χ4n) is 4.58. The zero-order chi connectivity index (χ0) is 21.1. The molecule has 1 amide bonds. The average Bonchev–Trinajstić information content (AvgIpc) is 2.72. The van der Waals surface area contributed by atoms with Crippen LogP contribution < -0.4 is 5.32 Å². The molecule has 158 valence electrons. The molecule has 4 unspecified atom stereocenters. The second kappa shape index (κ2) is 9.00. The standard InChI is InChI=1S/C25H29NO4/c1-16-4-3-5-20(12-16)26-25(28)19-8-6-18(7-9-19)15-29-21-10-11-22-17(2)13-24(27)30-23(22)14-21/h3-9,12,17,21-23H,10-11,13-15H2,1-2H3,(H,26,28). The predicted molar refractivity (Wildman–Crippen MR) is 115 cm³/mol. The smallest absolute Gasteiger partial charge is 0.306 e. The predicted octanol–water partition coefficient (Wildman–Crippen LogP) is 4.88. The van der Waals surface area contributed by atoms with Crippen molar-refractivity contribution in [1.29, 1.82) is 0 Å². The zero-order valence-electron chi connectivity index (χ0n) is 17.6. The van der Waals surface area contributed by atoms with Crippen molar-refractivity contribution in [3.63, 3.8) is 0 Å². The number of rotatable bonds is 5. The lowest BCUT2D eigenvalue weighted by Gasteiger charge is -2.41. The molecule has 2 aliphatic rings. The van der Waals surface area contributed by atoms with Crippen LogP contribution in [-0.4, -0.2) is 24.1 Å².